The van der Waals surface area contributed by atoms with Gasteiger partial charge in [0.25, 0.3) is 0 Å². The van der Waals surface area contributed by atoms with Crippen molar-refractivity contribution in [3.8, 4) is 6.07 Å². The van der Waals surface area contributed by atoms with Gasteiger partial charge < -0.3 is 10.1 Å². The number of hydrogen-bond acceptors (Lipinski definition) is 4. The third-order valence-corrected chi connectivity index (χ3v) is 3.29. The number of morpholine rings is 1. The minimum absolute atomic E-state index is 0.0333. The van der Waals surface area contributed by atoms with Crippen LogP contribution >= 0.6 is 0 Å². The van der Waals surface area contributed by atoms with Gasteiger partial charge >= 0.3 is 0 Å². The molecule has 1 aliphatic rings. The minimum atomic E-state index is -0.110. The highest BCUT2D eigenvalue weighted by molar-refractivity contribution is 4.93. The Bertz CT molecular complexity index is 304. The molecule has 4 heteroatoms. The number of hydrogen-bond donors (Lipinski definition) is 1. The first kappa shape index (κ1) is 16.4. The van der Waals surface area contributed by atoms with Crippen LogP contribution in [0.4, 0.5) is 0 Å². The Morgan fingerprint density at radius 1 is 1.26 bits per heavy atom. The highest BCUT2D eigenvalue weighted by Crippen LogP contribution is 2.28. The van der Waals surface area contributed by atoms with Gasteiger partial charge in [-0.05, 0) is 47.1 Å². The van der Waals surface area contributed by atoms with Gasteiger partial charge in [0.05, 0.1) is 23.3 Å². The average Bonchev–Trinajstić information content (AvgIpc) is 2.25. The Labute approximate surface area is 118 Å². The van der Waals surface area contributed by atoms with Crippen LogP contribution in [0.25, 0.3) is 0 Å². The maximum atomic E-state index is 9.13. The lowest BCUT2D eigenvalue weighted by molar-refractivity contribution is -0.180. The van der Waals surface area contributed by atoms with E-state index in [0.717, 1.165) is 39.0 Å². The highest BCUT2D eigenvalue weighted by Gasteiger charge is 2.37. The quantitative estimate of drug-likeness (QED) is 0.801. The Balaban J connectivity index is 2.46. The third kappa shape index (κ3) is 5.90. The summed E-state index contributed by atoms with van der Waals surface area (Å²) in [7, 11) is 0. The molecule has 0 bridgehead atoms. The predicted octanol–water partition coefficient (Wildman–Crippen LogP) is 2.16. The first-order valence-electron chi connectivity index (χ1n) is 7.33. The smallest absolute Gasteiger partial charge is 0.0965 e. The van der Waals surface area contributed by atoms with Gasteiger partial charge in [-0.2, -0.15) is 5.26 Å². The van der Waals surface area contributed by atoms with Crippen LogP contribution in [0.5, 0.6) is 0 Å². The van der Waals surface area contributed by atoms with Gasteiger partial charge in [0.2, 0.25) is 0 Å². The van der Waals surface area contributed by atoms with Gasteiger partial charge in [-0.25, -0.2) is 0 Å². The molecule has 1 fully saturated rings. The van der Waals surface area contributed by atoms with Gasteiger partial charge in [0.15, 0.2) is 0 Å². The monoisotopic (exact) mass is 267 g/mol. The van der Waals surface area contributed by atoms with E-state index in [4.69, 9.17) is 10.00 Å². The zero-order valence-corrected chi connectivity index (χ0v) is 13.1. The van der Waals surface area contributed by atoms with Crippen molar-refractivity contribution >= 4 is 0 Å². The minimum Gasteiger partial charge on any atom is -0.367 e. The molecule has 1 heterocycles. The lowest BCUT2D eigenvalue weighted by atomic mass is 9.98. The molecule has 0 spiro atoms. The summed E-state index contributed by atoms with van der Waals surface area (Å²) in [6.45, 7) is 14.4. The fraction of sp³-hybridized carbons (Fsp3) is 0.933. The van der Waals surface area contributed by atoms with Crippen LogP contribution in [-0.2, 0) is 4.74 Å². The summed E-state index contributed by atoms with van der Waals surface area (Å²) in [6, 6.07) is 2.32. The molecule has 1 N–H and O–H groups in total. The Morgan fingerprint density at radius 2 is 1.84 bits per heavy atom. The number of nitriles is 1. The summed E-state index contributed by atoms with van der Waals surface area (Å²) in [5.41, 5.74) is -0.221. The van der Waals surface area contributed by atoms with Crippen molar-refractivity contribution in [3.63, 3.8) is 0 Å². The topological polar surface area (TPSA) is 48.3 Å². The molecule has 1 aliphatic heterocycles. The third-order valence-electron chi connectivity index (χ3n) is 3.29. The number of nitrogens with one attached hydrogen (secondary N) is 1. The Hall–Kier alpha value is -0.630. The molecule has 0 aromatic rings. The van der Waals surface area contributed by atoms with Crippen LogP contribution in [0.1, 0.15) is 47.5 Å². The zero-order valence-electron chi connectivity index (χ0n) is 13.1. The van der Waals surface area contributed by atoms with Gasteiger partial charge in [0.1, 0.15) is 0 Å². The highest BCUT2D eigenvalue weighted by atomic mass is 16.5. The molecule has 1 saturated heterocycles. The summed E-state index contributed by atoms with van der Waals surface area (Å²) in [5.74, 6) is 0. The molecular formula is C15H29N3O. The second kappa shape index (κ2) is 6.69. The van der Waals surface area contributed by atoms with Crippen molar-refractivity contribution in [2.45, 2.75) is 64.7 Å². The SMILES string of the molecule is CCCNC(C#N)CCN1CC(C)(C)OC(C)(C)C1. The zero-order chi connectivity index (χ0) is 14.5. The van der Waals surface area contributed by atoms with Crippen molar-refractivity contribution in [2.75, 3.05) is 26.2 Å². The summed E-state index contributed by atoms with van der Waals surface area (Å²) < 4.78 is 6.07. The first-order chi connectivity index (χ1) is 8.78. The summed E-state index contributed by atoms with van der Waals surface area (Å²) in [4.78, 5) is 2.42. The molecule has 4 nitrogen and oxygen atoms in total. The largest absolute Gasteiger partial charge is 0.367 e. The van der Waals surface area contributed by atoms with E-state index in [0.29, 0.717) is 0 Å². The van der Waals surface area contributed by atoms with E-state index in [1.54, 1.807) is 0 Å². The number of ether oxygens (including phenoxy) is 1. The van der Waals surface area contributed by atoms with E-state index in [9.17, 15) is 0 Å². The van der Waals surface area contributed by atoms with Crippen molar-refractivity contribution in [1.82, 2.24) is 10.2 Å². The molecule has 0 aromatic heterocycles. The van der Waals surface area contributed by atoms with E-state index in [-0.39, 0.29) is 17.2 Å². The molecule has 110 valence electrons. The maximum absolute atomic E-state index is 9.13. The molecule has 0 aromatic carbocycles. The molecule has 1 unspecified atom stereocenters. The molecule has 0 radical (unpaired) electrons. The van der Waals surface area contributed by atoms with Gasteiger partial charge in [-0.1, -0.05) is 6.92 Å². The van der Waals surface area contributed by atoms with Crippen molar-refractivity contribution in [3.05, 3.63) is 0 Å². The lowest BCUT2D eigenvalue weighted by Crippen LogP contribution is -2.57. The molecule has 1 atom stereocenters. The first-order valence-corrected chi connectivity index (χ1v) is 7.33. The molecule has 19 heavy (non-hydrogen) atoms. The van der Waals surface area contributed by atoms with Gasteiger partial charge in [0, 0.05) is 19.6 Å². The standard InChI is InChI=1S/C15H29N3O/c1-6-8-17-13(10-16)7-9-18-11-14(2,3)19-15(4,5)12-18/h13,17H,6-9,11-12H2,1-5H3. The Morgan fingerprint density at radius 3 is 2.32 bits per heavy atom. The summed E-state index contributed by atoms with van der Waals surface area (Å²) in [5, 5.41) is 12.4. The van der Waals surface area contributed by atoms with Crippen LogP contribution in [0.3, 0.4) is 0 Å². The summed E-state index contributed by atoms with van der Waals surface area (Å²) >= 11 is 0. The van der Waals surface area contributed by atoms with Crippen LogP contribution in [0, 0.1) is 11.3 Å². The molecule has 0 aliphatic carbocycles. The van der Waals surface area contributed by atoms with E-state index >= 15 is 0 Å². The van der Waals surface area contributed by atoms with Crippen LogP contribution in [0.15, 0.2) is 0 Å². The molecule has 0 saturated carbocycles. The van der Waals surface area contributed by atoms with Crippen molar-refractivity contribution < 1.29 is 4.74 Å². The molecular weight excluding hydrogens is 238 g/mol. The van der Waals surface area contributed by atoms with Crippen LogP contribution in [0.2, 0.25) is 0 Å². The van der Waals surface area contributed by atoms with E-state index in [1.807, 2.05) is 0 Å². The summed E-state index contributed by atoms with van der Waals surface area (Å²) in [6.07, 6.45) is 1.94. The maximum Gasteiger partial charge on any atom is 0.0965 e. The van der Waals surface area contributed by atoms with E-state index in [2.05, 4.69) is 50.9 Å². The van der Waals surface area contributed by atoms with Crippen LogP contribution in [-0.4, -0.2) is 48.3 Å². The second-order valence-corrected chi connectivity index (χ2v) is 6.76. The lowest BCUT2D eigenvalue weighted by Gasteiger charge is -2.47. The second-order valence-electron chi connectivity index (χ2n) is 6.76. The average molecular weight is 267 g/mol. The molecule has 0 amide bonds. The van der Waals surface area contributed by atoms with Crippen molar-refractivity contribution in [2.24, 2.45) is 0 Å². The van der Waals surface area contributed by atoms with Gasteiger partial charge in [-0.15, -0.1) is 0 Å². The van der Waals surface area contributed by atoms with Gasteiger partial charge in [-0.3, -0.25) is 4.90 Å². The molecule has 1 rings (SSSR count). The fourth-order valence-electron chi connectivity index (χ4n) is 2.95. The normalized spacial score (nSPS) is 23.8. The predicted molar refractivity (Wildman–Crippen MR) is 78.0 cm³/mol. The van der Waals surface area contributed by atoms with Crippen LogP contribution < -0.4 is 5.32 Å². The van der Waals surface area contributed by atoms with Crippen molar-refractivity contribution in [1.29, 1.82) is 5.26 Å². The number of nitrogens with zero attached hydrogens (tertiary/aromatic N) is 2. The van der Waals surface area contributed by atoms with E-state index < -0.39 is 0 Å². The van der Waals surface area contributed by atoms with E-state index in [1.165, 1.54) is 0 Å². The fourth-order valence-corrected chi connectivity index (χ4v) is 2.95. The number of rotatable bonds is 6. The Kier molecular flexibility index (Phi) is 5.79.